The first-order valence-corrected chi connectivity index (χ1v) is 6.48. The van der Waals surface area contributed by atoms with Crippen molar-refractivity contribution in [2.24, 2.45) is 0 Å². The Hall–Kier alpha value is -2.02. The van der Waals surface area contributed by atoms with Crippen molar-refractivity contribution in [2.75, 3.05) is 0 Å². The summed E-state index contributed by atoms with van der Waals surface area (Å²) >= 11 is 11.9. The van der Waals surface area contributed by atoms with Gasteiger partial charge in [0.2, 0.25) is 0 Å². The molecule has 0 unspecified atom stereocenters. The Labute approximate surface area is 126 Å². The number of carbonyl (C=O) groups excluding carboxylic acids is 1. The Kier molecular flexibility index (Phi) is 4.62. The molecule has 2 rings (SSSR count). The van der Waals surface area contributed by atoms with Gasteiger partial charge < -0.3 is 4.74 Å². The third-order valence-corrected chi connectivity index (χ3v) is 3.29. The van der Waals surface area contributed by atoms with Crippen LogP contribution in [-0.4, -0.2) is 5.97 Å². The van der Waals surface area contributed by atoms with Gasteiger partial charge in [0.25, 0.3) is 0 Å². The summed E-state index contributed by atoms with van der Waals surface area (Å²) < 4.78 is 5.16. The maximum absolute atomic E-state index is 12.0. The molecule has 3 nitrogen and oxygen atoms in total. The average Bonchev–Trinajstić information content (AvgIpc) is 2.45. The van der Waals surface area contributed by atoms with E-state index in [2.05, 4.69) is 0 Å². The second kappa shape index (κ2) is 6.42. The van der Waals surface area contributed by atoms with Gasteiger partial charge in [-0.1, -0.05) is 47.5 Å². The van der Waals surface area contributed by atoms with Crippen LogP contribution in [0.3, 0.4) is 0 Å². The number of ether oxygens (including phenoxy) is 1. The first-order valence-electron chi connectivity index (χ1n) is 5.72. The van der Waals surface area contributed by atoms with E-state index in [-0.39, 0.29) is 22.2 Å². The number of esters is 1. The summed E-state index contributed by atoms with van der Waals surface area (Å²) in [4.78, 5) is 12.0. The fraction of sp³-hybridized carbons (Fsp3) is 0.0667. The summed E-state index contributed by atoms with van der Waals surface area (Å²) in [5, 5.41) is 9.42. The fourth-order valence-corrected chi connectivity index (χ4v) is 2.22. The molecule has 0 aromatic heterocycles. The Morgan fingerprint density at radius 3 is 2.40 bits per heavy atom. The standard InChI is InChI=1S/C15H9Cl2NO2/c16-12-6-3-7-13(17)14(12)15(19)20-9-11-5-2-1-4-10(11)8-18/h1-7H,9H2. The van der Waals surface area contributed by atoms with Gasteiger partial charge in [0.15, 0.2) is 0 Å². The van der Waals surface area contributed by atoms with E-state index in [1.165, 1.54) is 0 Å². The number of hydrogen-bond acceptors (Lipinski definition) is 3. The van der Waals surface area contributed by atoms with Gasteiger partial charge in [-0.15, -0.1) is 0 Å². The molecule has 0 radical (unpaired) electrons. The molecule has 0 aliphatic carbocycles. The van der Waals surface area contributed by atoms with E-state index in [0.29, 0.717) is 11.1 Å². The van der Waals surface area contributed by atoms with Crippen molar-refractivity contribution in [1.29, 1.82) is 5.26 Å². The molecule has 5 heteroatoms. The maximum Gasteiger partial charge on any atom is 0.341 e. The van der Waals surface area contributed by atoms with Crippen molar-refractivity contribution in [1.82, 2.24) is 0 Å². The van der Waals surface area contributed by atoms with E-state index < -0.39 is 5.97 Å². The van der Waals surface area contributed by atoms with E-state index in [1.54, 1.807) is 42.5 Å². The van der Waals surface area contributed by atoms with Gasteiger partial charge in [-0.2, -0.15) is 5.26 Å². The summed E-state index contributed by atoms with van der Waals surface area (Å²) in [7, 11) is 0. The smallest absolute Gasteiger partial charge is 0.341 e. The Morgan fingerprint density at radius 1 is 1.10 bits per heavy atom. The van der Waals surface area contributed by atoms with Crippen LogP contribution in [0.1, 0.15) is 21.5 Å². The predicted octanol–water partition coefficient (Wildman–Crippen LogP) is 4.22. The number of halogens is 2. The third-order valence-electron chi connectivity index (χ3n) is 2.66. The highest BCUT2D eigenvalue weighted by Gasteiger charge is 2.16. The van der Waals surface area contributed by atoms with Gasteiger partial charge >= 0.3 is 5.97 Å². The average molecular weight is 306 g/mol. The van der Waals surface area contributed by atoms with E-state index in [9.17, 15) is 4.79 Å². The highest BCUT2D eigenvalue weighted by atomic mass is 35.5. The van der Waals surface area contributed by atoms with Crippen LogP contribution in [0.4, 0.5) is 0 Å². The molecule has 2 aromatic rings. The van der Waals surface area contributed by atoms with Crippen molar-refractivity contribution in [3.05, 3.63) is 69.2 Å². The molecule has 0 aliphatic heterocycles. The van der Waals surface area contributed by atoms with Crippen LogP contribution >= 0.6 is 23.2 Å². The van der Waals surface area contributed by atoms with Crippen LogP contribution in [0.15, 0.2) is 42.5 Å². The molecule has 20 heavy (non-hydrogen) atoms. The topological polar surface area (TPSA) is 50.1 Å². The van der Waals surface area contributed by atoms with Crippen LogP contribution in [0.5, 0.6) is 0 Å². The summed E-state index contributed by atoms with van der Waals surface area (Å²) in [5.41, 5.74) is 1.22. The zero-order valence-electron chi connectivity index (χ0n) is 10.3. The van der Waals surface area contributed by atoms with Crippen LogP contribution < -0.4 is 0 Å². The lowest BCUT2D eigenvalue weighted by Crippen LogP contribution is -2.07. The van der Waals surface area contributed by atoms with Crippen LogP contribution in [-0.2, 0) is 11.3 Å². The highest BCUT2D eigenvalue weighted by molar-refractivity contribution is 6.39. The largest absolute Gasteiger partial charge is 0.457 e. The van der Waals surface area contributed by atoms with Crippen molar-refractivity contribution in [2.45, 2.75) is 6.61 Å². The number of hydrogen-bond donors (Lipinski definition) is 0. The number of benzene rings is 2. The van der Waals surface area contributed by atoms with E-state index in [1.807, 2.05) is 6.07 Å². The molecule has 0 saturated heterocycles. The summed E-state index contributed by atoms with van der Waals surface area (Å²) in [6.07, 6.45) is 0. The van der Waals surface area contributed by atoms with Crippen molar-refractivity contribution >= 4 is 29.2 Å². The Morgan fingerprint density at radius 2 is 1.75 bits per heavy atom. The number of carbonyl (C=O) groups is 1. The molecule has 0 saturated carbocycles. The minimum absolute atomic E-state index is 0.00980. The molecule has 0 amide bonds. The van der Waals surface area contributed by atoms with E-state index in [0.717, 1.165) is 0 Å². The first kappa shape index (κ1) is 14.4. The van der Waals surface area contributed by atoms with Crippen molar-refractivity contribution in [3.8, 4) is 6.07 Å². The highest BCUT2D eigenvalue weighted by Crippen LogP contribution is 2.25. The minimum Gasteiger partial charge on any atom is -0.457 e. The van der Waals surface area contributed by atoms with Gasteiger partial charge in [-0.05, 0) is 18.2 Å². The second-order valence-electron chi connectivity index (χ2n) is 3.94. The van der Waals surface area contributed by atoms with Crippen LogP contribution in [0.2, 0.25) is 10.0 Å². The van der Waals surface area contributed by atoms with Crippen molar-refractivity contribution < 1.29 is 9.53 Å². The molecule has 0 aliphatic rings. The van der Waals surface area contributed by atoms with Gasteiger partial charge in [-0.25, -0.2) is 4.79 Å². The number of rotatable bonds is 3. The molecule has 0 atom stereocenters. The molecule has 2 aromatic carbocycles. The Bertz CT molecular complexity index is 672. The molecule has 0 fully saturated rings. The van der Waals surface area contributed by atoms with Crippen molar-refractivity contribution in [3.63, 3.8) is 0 Å². The lowest BCUT2D eigenvalue weighted by molar-refractivity contribution is 0.0473. The lowest BCUT2D eigenvalue weighted by Gasteiger charge is -2.08. The summed E-state index contributed by atoms with van der Waals surface area (Å²) in [6.45, 7) is -0.00980. The normalized spacial score (nSPS) is 9.85. The zero-order chi connectivity index (χ0) is 14.5. The second-order valence-corrected chi connectivity index (χ2v) is 4.76. The molecular weight excluding hydrogens is 297 g/mol. The van der Waals surface area contributed by atoms with E-state index >= 15 is 0 Å². The first-order chi connectivity index (χ1) is 9.63. The maximum atomic E-state index is 12.0. The quantitative estimate of drug-likeness (QED) is 0.798. The number of nitriles is 1. The van der Waals surface area contributed by atoms with Gasteiger partial charge in [-0.3, -0.25) is 0 Å². The van der Waals surface area contributed by atoms with Gasteiger partial charge in [0, 0.05) is 5.56 Å². The molecule has 0 N–H and O–H groups in total. The molecule has 100 valence electrons. The fourth-order valence-electron chi connectivity index (χ4n) is 1.66. The summed E-state index contributed by atoms with van der Waals surface area (Å²) in [6, 6.07) is 13.7. The third kappa shape index (κ3) is 3.11. The van der Waals surface area contributed by atoms with Crippen LogP contribution in [0.25, 0.3) is 0 Å². The number of nitrogens with zero attached hydrogens (tertiary/aromatic N) is 1. The van der Waals surface area contributed by atoms with E-state index in [4.69, 9.17) is 33.2 Å². The minimum atomic E-state index is -0.617. The predicted molar refractivity (Wildman–Crippen MR) is 76.7 cm³/mol. The molecule has 0 bridgehead atoms. The zero-order valence-corrected chi connectivity index (χ0v) is 11.8. The molecular formula is C15H9Cl2NO2. The van der Waals surface area contributed by atoms with Crippen LogP contribution in [0, 0.1) is 11.3 Å². The Balaban J connectivity index is 2.16. The van der Waals surface area contributed by atoms with Gasteiger partial charge in [0.05, 0.1) is 27.2 Å². The summed E-state index contributed by atoms with van der Waals surface area (Å²) in [5.74, 6) is -0.617. The molecule has 0 spiro atoms. The SMILES string of the molecule is N#Cc1ccccc1COC(=O)c1c(Cl)cccc1Cl. The van der Waals surface area contributed by atoms with Gasteiger partial charge in [0.1, 0.15) is 6.61 Å². The monoisotopic (exact) mass is 305 g/mol. The lowest BCUT2D eigenvalue weighted by atomic mass is 10.1. The molecule has 0 heterocycles.